The minimum atomic E-state index is -4.73. The van der Waals surface area contributed by atoms with Gasteiger partial charge in [-0.3, -0.25) is 0 Å². The largest absolute Gasteiger partial charge is 0.427 e. The molecule has 3 rings (SSSR count). The number of fused-ring (bicyclic) bond motifs is 1. The van der Waals surface area contributed by atoms with E-state index in [0.717, 1.165) is 12.8 Å². The van der Waals surface area contributed by atoms with Crippen LogP contribution in [0.3, 0.4) is 0 Å². The first kappa shape index (κ1) is 17.0. The van der Waals surface area contributed by atoms with E-state index in [1.165, 1.54) is 25.3 Å². The molecule has 1 aromatic carbocycles. The highest BCUT2D eigenvalue weighted by atomic mass is 35.5. The molecule has 1 aromatic rings. The van der Waals surface area contributed by atoms with Crippen LogP contribution in [-0.4, -0.2) is 32.1 Å². The number of guanidine groups is 1. The standard InChI is InChI=1S/C15H15ClF3N3O2/c1-23-22-13-20-8-14(15(17,18)19,24-7-9-2-3-9)11-6-10(16)4-5-12(11)21-13/h4-6,8-9H,2-3,7H2,1H3,(H,21,22)/t14-/m1/s1. The minimum Gasteiger partial charge on any atom is -0.396 e. The van der Waals surface area contributed by atoms with Gasteiger partial charge in [-0.25, -0.2) is 4.99 Å². The molecule has 1 aliphatic heterocycles. The molecule has 9 heteroatoms. The summed E-state index contributed by atoms with van der Waals surface area (Å²) in [6.07, 6.45) is -2.29. The van der Waals surface area contributed by atoms with Gasteiger partial charge in [-0.1, -0.05) is 11.6 Å². The molecule has 0 aromatic heterocycles. The van der Waals surface area contributed by atoms with Crippen LogP contribution in [0.25, 0.3) is 0 Å². The fraction of sp³-hybridized carbons (Fsp3) is 0.467. The van der Waals surface area contributed by atoms with Crippen molar-refractivity contribution in [2.45, 2.75) is 24.6 Å². The number of alkyl halides is 3. The van der Waals surface area contributed by atoms with E-state index in [-0.39, 0.29) is 34.8 Å². The van der Waals surface area contributed by atoms with Crippen LogP contribution in [-0.2, 0) is 15.2 Å². The lowest BCUT2D eigenvalue weighted by Crippen LogP contribution is -2.47. The Morgan fingerprint density at radius 2 is 2.17 bits per heavy atom. The molecule has 1 fully saturated rings. The maximum atomic E-state index is 14.0. The first-order valence-electron chi connectivity index (χ1n) is 7.30. The Kier molecular flexibility index (Phi) is 4.44. The summed E-state index contributed by atoms with van der Waals surface area (Å²) in [7, 11) is 1.28. The van der Waals surface area contributed by atoms with Crippen LogP contribution in [0.15, 0.2) is 28.3 Å². The van der Waals surface area contributed by atoms with E-state index in [1.807, 2.05) is 0 Å². The molecule has 1 saturated carbocycles. The molecule has 1 heterocycles. The number of oxime groups is 1. The van der Waals surface area contributed by atoms with Crippen LogP contribution in [0.1, 0.15) is 18.4 Å². The number of aliphatic imine (C=N–C) groups is 1. The molecule has 1 N–H and O–H groups in total. The minimum absolute atomic E-state index is 0.00572. The Balaban J connectivity index is 2.15. The van der Waals surface area contributed by atoms with E-state index < -0.39 is 11.8 Å². The van der Waals surface area contributed by atoms with Crippen LogP contribution in [0.4, 0.5) is 18.9 Å². The van der Waals surface area contributed by atoms with Gasteiger partial charge < -0.3 is 14.9 Å². The van der Waals surface area contributed by atoms with E-state index in [4.69, 9.17) is 16.3 Å². The normalized spacial score (nSPS) is 25.1. The SMILES string of the molecule is CON=C1N=C[C@](OCC2CC2)(C(F)(F)F)c2cc(Cl)ccc2N1. The summed E-state index contributed by atoms with van der Waals surface area (Å²) >= 11 is 5.93. The molecule has 24 heavy (non-hydrogen) atoms. The Morgan fingerprint density at radius 1 is 1.42 bits per heavy atom. The molecule has 0 spiro atoms. The van der Waals surface area contributed by atoms with Crippen molar-refractivity contribution in [3.63, 3.8) is 0 Å². The van der Waals surface area contributed by atoms with Crippen molar-refractivity contribution in [3.05, 3.63) is 28.8 Å². The molecule has 0 unspecified atom stereocenters. The molecule has 0 bridgehead atoms. The highest BCUT2D eigenvalue weighted by Crippen LogP contribution is 2.47. The summed E-state index contributed by atoms with van der Waals surface area (Å²) in [6.45, 7) is -0.00572. The number of halogens is 4. The summed E-state index contributed by atoms with van der Waals surface area (Å²) < 4.78 is 47.4. The average molecular weight is 362 g/mol. The van der Waals surface area contributed by atoms with Gasteiger partial charge in [-0.2, -0.15) is 13.2 Å². The number of nitrogens with one attached hydrogen (secondary N) is 1. The smallest absolute Gasteiger partial charge is 0.396 e. The summed E-state index contributed by atoms with van der Waals surface area (Å²) in [4.78, 5) is 8.38. The summed E-state index contributed by atoms with van der Waals surface area (Å²) in [6, 6.07) is 4.13. The van der Waals surface area contributed by atoms with Crippen LogP contribution in [0.2, 0.25) is 5.02 Å². The third kappa shape index (κ3) is 3.21. The maximum absolute atomic E-state index is 14.0. The van der Waals surface area contributed by atoms with E-state index in [1.54, 1.807) is 0 Å². The van der Waals surface area contributed by atoms with Crippen molar-refractivity contribution >= 4 is 29.5 Å². The van der Waals surface area contributed by atoms with Crippen LogP contribution in [0, 0.1) is 5.92 Å². The predicted octanol–water partition coefficient (Wildman–Crippen LogP) is 3.94. The Bertz CT molecular complexity index is 689. The van der Waals surface area contributed by atoms with Crippen molar-refractivity contribution in [1.82, 2.24) is 0 Å². The lowest BCUT2D eigenvalue weighted by atomic mass is 9.92. The fourth-order valence-electron chi connectivity index (χ4n) is 2.40. The second-order valence-corrected chi connectivity index (χ2v) is 6.09. The lowest BCUT2D eigenvalue weighted by molar-refractivity contribution is -0.252. The van der Waals surface area contributed by atoms with Crippen molar-refractivity contribution in [3.8, 4) is 0 Å². The van der Waals surface area contributed by atoms with Gasteiger partial charge in [0.05, 0.1) is 12.8 Å². The van der Waals surface area contributed by atoms with E-state index in [9.17, 15) is 13.2 Å². The Morgan fingerprint density at radius 3 is 2.79 bits per heavy atom. The van der Waals surface area contributed by atoms with Crippen molar-refractivity contribution in [2.75, 3.05) is 19.0 Å². The first-order valence-corrected chi connectivity index (χ1v) is 7.67. The molecule has 130 valence electrons. The van der Waals surface area contributed by atoms with Gasteiger partial charge in [0, 0.05) is 16.3 Å². The highest BCUT2D eigenvalue weighted by molar-refractivity contribution is 6.30. The van der Waals surface area contributed by atoms with Crippen LogP contribution >= 0.6 is 11.6 Å². The van der Waals surface area contributed by atoms with Crippen LogP contribution < -0.4 is 5.32 Å². The number of anilines is 1. The average Bonchev–Trinajstić information content (AvgIpc) is 3.32. The zero-order valence-electron chi connectivity index (χ0n) is 12.7. The zero-order valence-corrected chi connectivity index (χ0v) is 13.5. The summed E-state index contributed by atoms with van der Waals surface area (Å²) in [5.41, 5.74) is -2.71. The first-order chi connectivity index (χ1) is 11.4. The number of benzene rings is 1. The third-order valence-corrected chi connectivity index (χ3v) is 4.07. The molecular formula is C15H15ClF3N3O2. The van der Waals surface area contributed by atoms with Crippen molar-refractivity contribution < 1.29 is 22.7 Å². The molecule has 1 atom stereocenters. The number of rotatable bonds is 4. The van der Waals surface area contributed by atoms with Gasteiger partial charge in [0.2, 0.25) is 5.60 Å². The Labute approximate surface area is 141 Å². The predicted molar refractivity (Wildman–Crippen MR) is 84.4 cm³/mol. The number of ether oxygens (including phenoxy) is 1. The molecule has 5 nitrogen and oxygen atoms in total. The van der Waals surface area contributed by atoms with E-state index in [2.05, 4.69) is 20.3 Å². The molecular weight excluding hydrogens is 347 g/mol. The van der Waals surface area contributed by atoms with Gasteiger partial charge in [0.1, 0.15) is 7.11 Å². The molecule has 0 saturated heterocycles. The third-order valence-electron chi connectivity index (χ3n) is 3.84. The van der Waals surface area contributed by atoms with E-state index in [0.29, 0.717) is 6.21 Å². The van der Waals surface area contributed by atoms with Crippen molar-refractivity contribution in [1.29, 1.82) is 0 Å². The van der Waals surface area contributed by atoms with Gasteiger partial charge >= 0.3 is 6.18 Å². The van der Waals surface area contributed by atoms with Gasteiger partial charge in [-0.05, 0) is 42.1 Å². The highest BCUT2D eigenvalue weighted by Gasteiger charge is 2.59. The molecule has 0 radical (unpaired) electrons. The monoisotopic (exact) mass is 361 g/mol. The number of nitrogens with zero attached hydrogens (tertiary/aromatic N) is 2. The van der Waals surface area contributed by atoms with Gasteiger partial charge in [0.25, 0.3) is 5.96 Å². The van der Waals surface area contributed by atoms with Gasteiger partial charge in [0.15, 0.2) is 0 Å². The Hall–Kier alpha value is -1.80. The maximum Gasteiger partial charge on any atom is 0.427 e. The van der Waals surface area contributed by atoms with Gasteiger partial charge in [-0.15, -0.1) is 0 Å². The zero-order chi connectivity index (χ0) is 17.4. The second kappa shape index (κ2) is 6.25. The lowest BCUT2D eigenvalue weighted by Gasteiger charge is -2.33. The molecule has 1 aliphatic carbocycles. The quantitative estimate of drug-likeness (QED) is 0.826. The number of hydrogen-bond donors (Lipinski definition) is 1. The number of hydrogen-bond acceptors (Lipinski definition) is 3. The fourth-order valence-corrected chi connectivity index (χ4v) is 2.57. The summed E-state index contributed by atoms with van der Waals surface area (Å²) in [5, 5.41) is 6.44. The second-order valence-electron chi connectivity index (χ2n) is 5.66. The topological polar surface area (TPSA) is 55.2 Å². The molecule has 2 aliphatic rings. The van der Waals surface area contributed by atoms with Crippen molar-refractivity contribution in [2.24, 2.45) is 16.1 Å². The molecule has 0 amide bonds. The van der Waals surface area contributed by atoms with Crippen LogP contribution in [0.5, 0.6) is 0 Å². The van der Waals surface area contributed by atoms with E-state index >= 15 is 0 Å². The summed E-state index contributed by atoms with van der Waals surface area (Å²) in [5.74, 6) is 0.0332.